The standard InChI is InChI=1S/C19H14F6N2O3S/c1-17(29,10-31-14-6-4-13(5-7-14)30-19(23,24)25)16(28)27-12-3-2-11(9-26)15(8-12)18(20,21)22/h2-8,29H,10H2,1H3,(H,27,28)/t17-/m0/s1. The van der Waals surface area contributed by atoms with Crippen LogP contribution in [-0.2, 0) is 11.0 Å². The van der Waals surface area contributed by atoms with Crippen LogP contribution < -0.4 is 10.1 Å². The van der Waals surface area contributed by atoms with Crippen molar-refractivity contribution in [3.05, 3.63) is 53.6 Å². The van der Waals surface area contributed by atoms with Crippen LogP contribution in [0.15, 0.2) is 47.4 Å². The fourth-order valence-corrected chi connectivity index (χ4v) is 3.15. The van der Waals surface area contributed by atoms with E-state index < -0.39 is 40.9 Å². The van der Waals surface area contributed by atoms with Gasteiger partial charge >= 0.3 is 12.5 Å². The average molecular weight is 464 g/mol. The number of thioether (sulfide) groups is 1. The molecule has 0 aromatic heterocycles. The van der Waals surface area contributed by atoms with Crippen LogP contribution in [0.4, 0.5) is 32.0 Å². The molecule has 2 N–H and O–H groups in total. The third-order valence-corrected chi connectivity index (χ3v) is 5.08. The van der Waals surface area contributed by atoms with E-state index in [2.05, 4.69) is 10.1 Å². The largest absolute Gasteiger partial charge is 0.573 e. The Morgan fingerprint density at radius 2 is 1.74 bits per heavy atom. The van der Waals surface area contributed by atoms with Crippen molar-refractivity contribution in [1.29, 1.82) is 5.26 Å². The maximum absolute atomic E-state index is 13.0. The van der Waals surface area contributed by atoms with Gasteiger partial charge in [-0.1, -0.05) is 0 Å². The number of carbonyl (C=O) groups excluding carboxylic acids is 1. The van der Waals surface area contributed by atoms with Crippen molar-refractivity contribution in [3.8, 4) is 11.8 Å². The number of anilines is 1. The number of benzene rings is 2. The quantitative estimate of drug-likeness (QED) is 0.467. The second-order valence-corrected chi connectivity index (χ2v) is 7.45. The summed E-state index contributed by atoms with van der Waals surface area (Å²) in [6.07, 6.45) is -9.65. The maximum Gasteiger partial charge on any atom is 0.573 e. The topological polar surface area (TPSA) is 82.3 Å². The first-order valence-electron chi connectivity index (χ1n) is 8.35. The molecule has 0 aliphatic heterocycles. The molecule has 0 spiro atoms. The molecule has 0 unspecified atom stereocenters. The molecule has 2 aromatic carbocycles. The highest BCUT2D eigenvalue weighted by molar-refractivity contribution is 7.99. The SMILES string of the molecule is C[C@](O)(CSc1ccc(OC(F)(F)F)cc1)C(=O)Nc1ccc(C#N)c(C(F)(F)F)c1. The van der Waals surface area contributed by atoms with Crippen LogP contribution in [0, 0.1) is 11.3 Å². The Kier molecular flexibility index (Phi) is 7.13. The lowest BCUT2D eigenvalue weighted by atomic mass is 10.1. The minimum Gasteiger partial charge on any atom is -0.406 e. The lowest BCUT2D eigenvalue weighted by Crippen LogP contribution is -2.42. The molecule has 166 valence electrons. The lowest BCUT2D eigenvalue weighted by molar-refractivity contribution is -0.274. The number of hydrogen-bond acceptors (Lipinski definition) is 5. The molecule has 0 aliphatic rings. The van der Waals surface area contributed by atoms with Crippen LogP contribution >= 0.6 is 11.8 Å². The third-order valence-electron chi connectivity index (χ3n) is 3.77. The number of aliphatic hydroxyl groups is 1. The normalized spacial score (nSPS) is 13.8. The second-order valence-electron chi connectivity index (χ2n) is 6.41. The van der Waals surface area contributed by atoms with Gasteiger partial charge in [0.2, 0.25) is 0 Å². The zero-order valence-electron chi connectivity index (χ0n) is 15.6. The number of carbonyl (C=O) groups is 1. The average Bonchev–Trinajstić information content (AvgIpc) is 2.65. The van der Waals surface area contributed by atoms with Gasteiger partial charge in [0.15, 0.2) is 0 Å². The molecule has 1 atom stereocenters. The van der Waals surface area contributed by atoms with E-state index in [0.29, 0.717) is 11.0 Å². The summed E-state index contributed by atoms with van der Waals surface area (Å²) >= 11 is 0.936. The fourth-order valence-electron chi connectivity index (χ4n) is 2.25. The van der Waals surface area contributed by atoms with Crippen LogP contribution in [0.1, 0.15) is 18.1 Å². The van der Waals surface area contributed by atoms with Gasteiger partial charge in [0.05, 0.1) is 17.2 Å². The number of ether oxygens (including phenoxy) is 1. The van der Waals surface area contributed by atoms with Crippen LogP contribution in [0.3, 0.4) is 0 Å². The highest BCUT2D eigenvalue weighted by Crippen LogP contribution is 2.34. The summed E-state index contributed by atoms with van der Waals surface area (Å²) in [4.78, 5) is 12.7. The molecule has 0 aliphatic carbocycles. The Hall–Kier alpha value is -2.91. The minimum absolute atomic E-state index is 0.249. The van der Waals surface area contributed by atoms with Crippen molar-refractivity contribution in [2.24, 2.45) is 0 Å². The van der Waals surface area contributed by atoms with E-state index in [4.69, 9.17) is 5.26 Å². The summed E-state index contributed by atoms with van der Waals surface area (Å²) in [5.74, 6) is -1.70. The first-order chi connectivity index (χ1) is 14.2. The molecule has 5 nitrogen and oxygen atoms in total. The lowest BCUT2D eigenvalue weighted by Gasteiger charge is -2.22. The van der Waals surface area contributed by atoms with Crippen molar-refractivity contribution in [2.75, 3.05) is 11.1 Å². The van der Waals surface area contributed by atoms with Gasteiger partial charge in [-0.05, 0) is 49.4 Å². The van der Waals surface area contributed by atoms with Crippen molar-refractivity contribution in [1.82, 2.24) is 0 Å². The Balaban J connectivity index is 2.04. The predicted octanol–water partition coefficient (Wildman–Crippen LogP) is 4.96. The van der Waals surface area contributed by atoms with Gasteiger partial charge in [0.25, 0.3) is 5.91 Å². The number of halogens is 6. The number of rotatable bonds is 6. The van der Waals surface area contributed by atoms with Gasteiger partial charge in [0, 0.05) is 16.3 Å². The number of alkyl halides is 6. The zero-order valence-corrected chi connectivity index (χ0v) is 16.5. The van der Waals surface area contributed by atoms with E-state index in [1.54, 1.807) is 0 Å². The number of amides is 1. The summed E-state index contributed by atoms with van der Waals surface area (Å²) in [6, 6.07) is 8.67. The van der Waals surface area contributed by atoms with Gasteiger partial charge in [0.1, 0.15) is 11.4 Å². The van der Waals surface area contributed by atoms with E-state index in [1.165, 1.54) is 18.2 Å². The Morgan fingerprint density at radius 1 is 1.13 bits per heavy atom. The van der Waals surface area contributed by atoms with Crippen molar-refractivity contribution in [3.63, 3.8) is 0 Å². The summed E-state index contributed by atoms with van der Waals surface area (Å²) in [7, 11) is 0. The minimum atomic E-state index is -4.84. The zero-order chi connectivity index (χ0) is 23.4. The molecule has 2 rings (SSSR count). The molecular formula is C19H14F6N2O3S. The Bertz CT molecular complexity index is 982. The molecule has 0 saturated carbocycles. The summed E-state index contributed by atoms with van der Waals surface area (Å²) < 4.78 is 79.3. The molecule has 0 heterocycles. The highest BCUT2D eigenvalue weighted by atomic mass is 32.2. The molecule has 0 saturated heterocycles. The first-order valence-corrected chi connectivity index (χ1v) is 9.33. The van der Waals surface area contributed by atoms with Gasteiger partial charge in [-0.2, -0.15) is 18.4 Å². The van der Waals surface area contributed by atoms with E-state index in [1.807, 2.05) is 0 Å². The molecule has 1 amide bonds. The fraction of sp³-hybridized carbons (Fsp3) is 0.263. The predicted molar refractivity (Wildman–Crippen MR) is 99.3 cm³/mol. The summed E-state index contributed by atoms with van der Waals surface area (Å²) in [5, 5.41) is 21.3. The molecule has 2 aromatic rings. The number of nitriles is 1. The smallest absolute Gasteiger partial charge is 0.406 e. The van der Waals surface area contributed by atoms with E-state index >= 15 is 0 Å². The van der Waals surface area contributed by atoms with E-state index in [9.17, 15) is 36.2 Å². The van der Waals surface area contributed by atoms with Crippen molar-refractivity contribution < 1.29 is 41.0 Å². The molecular weight excluding hydrogens is 450 g/mol. The Morgan fingerprint density at radius 3 is 2.26 bits per heavy atom. The number of nitrogens with one attached hydrogen (secondary N) is 1. The van der Waals surface area contributed by atoms with Gasteiger partial charge in [-0.25, -0.2) is 0 Å². The second kappa shape index (κ2) is 9.07. The number of hydrogen-bond donors (Lipinski definition) is 2. The Labute approximate surface area is 176 Å². The molecule has 0 bridgehead atoms. The maximum atomic E-state index is 13.0. The van der Waals surface area contributed by atoms with E-state index in [0.717, 1.165) is 43.0 Å². The monoisotopic (exact) mass is 464 g/mol. The van der Waals surface area contributed by atoms with Crippen LogP contribution in [0.25, 0.3) is 0 Å². The van der Waals surface area contributed by atoms with Crippen LogP contribution in [-0.4, -0.2) is 28.7 Å². The highest BCUT2D eigenvalue weighted by Gasteiger charge is 2.35. The van der Waals surface area contributed by atoms with Gasteiger partial charge < -0.3 is 15.2 Å². The van der Waals surface area contributed by atoms with Crippen molar-refractivity contribution in [2.45, 2.75) is 30.0 Å². The van der Waals surface area contributed by atoms with Crippen LogP contribution in [0.5, 0.6) is 5.75 Å². The number of nitrogens with zero attached hydrogens (tertiary/aromatic N) is 1. The molecule has 12 heteroatoms. The van der Waals surface area contributed by atoms with E-state index in [-0.39, 0.29) is 11.4 Å². The summed E-state index contributed by atoms with van der Waals surface area (Å²) in [5.41, 5.74) is -4.15. The molecule has 31 heavy (non-hydrogen) atoms. The summed E-state index contributed by atoms with van der Waals surface area (Å²) in [6.45, 7) is 1.13. The third kappa shape index (κ3) is 7.08. The van der Waals surface area contributed by atoms with Gasteiger partial charge in [-0.3, -0.25) is 4.79 Å². The van der Waals surface area contributed by atoms with Crippen LogP contribution in [0.2, 0.25) is 0 Å². The molecule has 0 fully saturated rings. The first kappa shape index (κ1) is 24.4. The van der Waals surface area contributed by atoms with Crippen molar-refractivity contribution >= 4 is 23.4 Å². The van der Waals surface area contributed by atoms with Gasteiger partial charge in [-0.15, -0.1) is 24.9 Å². The molecule has 0 radical (unpaired) electrons.